The predicted octanol–water partition coefficient (Wildman–Crippen LogP) is 4.31. The average Bonchev–Trinajstić information content (AvgIpc) is 3.15. The van der Waals surface area contributed by atoms with Gasteiger partial charge in [0.15, 0.2) is 0 Å². The number of nitrogens with zero attached hydrogens (tertiary/aromatic N) is 3. The first-order chi connectivity index (χ1) is 14.2. The molecule has 0 aliphatic carbocycles. The maximum absolute atomic E-state index is 12.2. The Kier molecular flexibility index (Phi) is 6.73. The first kappa shape index (κ1) is 21.8. The maximum atomic E-state index is 12.2. The molecule has 2 aromatic carbocycles. The fourth-order valence-electron chi connectivity index (χ4n) is 2.68. The molecule has 3 rings (SSSR count). The summed E-state index contributed by atoms with van der Waals surface area (Å²) >= 11 is 5.87. The van der Waals surface area contributed by atoms with Crippen LogP contribution >= 0.6 is 11.6 Å². The summed E-state index contributed by atoms with van der Waals surface area (Å²) in [6.45, 7) is -0.448. The Balaban J connectivity index is 1.54. The Labute approximate surface area is 175 Å². The number of hydrogen-bond acceptors (Lipinski definition) is 5. The lowest BCUT2D eigenvalue weighted by Gasteiger charge is -2.14. The molecule has 1 amide bonds. The van der Waals surface area contributed by atoms with E-state index < -0.39 is 18.6 Å². The van der Waals surface area contributed by atoms with Crippen LogP contribution < -0.4 is 5.32 Å². The third-order valence-electron chi connectivity index (χ3n) is 4.09. The molecule has 0 fully saturated rings. The van der Waals surface area contributed by atoms with E-state index >= 15 is 0 Å². The molecule has 0 aliphatic rings. The number of halogens is 4. The van der Waals surface area contributed by atoms with Gasteiger partial charge in [-0.05, 0) is 49.0 Å². The summed E-state index contributed by atoms with van der Waals surface area (Å²) in [5, 5.41) is 6.42. The molecule has 158 valence electrons. The summed E-state index contributed by atoms with van der Waals surface area (Å²) in [5.74, 6) is 0.128. The molecule has 1 aromatic heterocycles. The van der Waals surface area contributed by atoms with Gasteiger partial charge < -0.3 is 9.84 Å². The normalized spacial score (nSPS) is 11.7. The Bertz CT molecular complexity index is 989. The van der Waals surface area contributed by atoms with Gasteiger partial charge in [0.25, 0.3) is 5.91 Å². The summed E-state index contributed by atoms with van der Waals surface area (Å²) < 4.78 is 41.9. The van der Waals surface area contributed by atoms with Crippen molar-refractivity contribution in [1.29, 1.82) is 0 Å². The van der Waals surface area contributed by atoms with Crippen LogP contribution in [-0.2, 0) is 13.1 Å². The van der Waals surface area contributed by atoms with Gasteiger partial charge in [-0.2, -0.15) is 18.2 Å². The number of benzene rings is 2. The van der Waals surface area contributed by atoms with E-state index in [1.807, 2.05) is 17.3 Å². The average molecular weight is 439 g/mol. The SMILES string of the molecule is CN(Cc1ccc(C(=O)NCC(F)(F)F)cc1)Cc1nc(-c2ccc(Cl)cc2)no1. The van der Waals surface area contributed by atoms with Gasteiger partial charge in [-0.25, -0.2) is 0 Å². The third-order valence-corrected chi connectivity index (χ3v) is 4.35. The zero-order valence-corrected chi connectivity index (χ0v) is 16.7. The zero-order chi connectivity index (χ0) is 21.7. The van der Waals surface area contributed by atoms with Crippen molar-refractivity contribution in [3.63, 3.8) is 0 Å². The maximum Gasteiger partial charge on any atom is 0.405 e. The lowest BCUT2D eigenvalue weighted by molar-refractivity contribution is -0.123. The van der Waals surface area contributed by atoms with Crippen LogP contribution in [0.1, 0.15) is 21.8 Å². The highest BCUT2D eigenvalue weighted by Gasteiger charge is 2.27. The predicted molar refractivity (Wildman–Crippen MR) is 105 cm³/mol. The summed E-state index contributed by atoms with van der Waals surface area (Å²) in [4.78, 5) is 18.0. The molecule has 1 heterocycles. The van der Waals surface area contributed by atoms with Crippen molar-refractivity contribution in [3.05, 3.63) is 70.6 Å². The standard InChI is InChI=1S/C20H18ClF3N4O2/c1-28(11-17-26-18(27-30-17)14-6-8-16(21)9-7-14)10-13-2-4-15(5-3-13)19(29)25-12-20(22,23)24/h2-9H,10-12H2,1H3,(H,25,29). The molecule has 6 nitrogen and oxygen atoms in total. The Morgan fingerprint density at radius 1 is 1.10 bits per heavy atom. The minimum atomic E-state index is -4.44. The minimum Gasteiger partial charge on any atom is -0.343 e. The van der Waals surface area contributed by atoms with Crippen LogP contribution in [0.5, 0.6) is 0 Å². The quantitative estimate of drug-likeness (QED) is 0.595. The third kappa shape index (κ3) is 6.30. The van der Waals surface area contributed by atoms with Crippen LogP contribution in [0.15, 0.2) is 53.1 Å². The van der Waals surface area contributed by atoms with Crippen molar-refractivity contribution in [1.82, 2.24) is 20.4 Å². The lowest BCUT2D eigenvalue weighted by Crippen LogP contribution is -2.33. The van der Waals surface area contributed by atoms with Crippen molar-refractivity contribution in [3.8, 4) is 11.4 Å². The van der Waals surface area contributed by atoms with Gasteiger partial charge in [-0.1, -0.05) is 28.9 Å². The molecule has 30 heavy (non-hydrogen) atoms. The molecule has 0 atom stereocenters. The number of rotatable bonds is 7. The van der Waals surface area contributed by atoms with E-state index in [0.717, 1.165) is 11.1 Å². The van der Waals surface area contributed by atoms with Crippen molar-refractivity contribution in [2.75, 3.05) is 13.6 Å². The molecule has 0 spiro atoms. The number of amides is 1. The van der Waals surface area contributed by atoms with Gasteiger partial charge in [0, 0.05) is 22.7 Å². The van der Waals surface area contributed by atoms with E-state index in [-0.39, 0.29) is 5.56 Å². The zero-order valence-electron chi connectivity index (χ0n) is 15.9. The fraction of sp³-hybridized carbons (Fsp3) is 0.250. The molecule has 10 heteroatoms. The number of carbonyl (C=O) groups excluding carboxylic acids is 1. The van der Waals surface area contributed by atoms with Gasteiger partial charge in [-0.15, -0.1) is 0 Å². The van der Waals surface area contributed by atoms with Gasteiger partial charge in [0.05, 0.1) is 6.54 Å². The van der Waals surface area contributed by atoms with Gasteiger partial charge >= 0.3 is 6.18 Å². The second-order valence-corrected chi connectivity index (χ2v) is 7.12. The van der Waals surface area contributed by atoms with E-state index in [2.05, 4.69) is 10.1 Å². The lowest BCUT2D eigenvalue weighted by atomic mass is 10.1. The molecule has 0 saturated heterocycles. The van der Waals surface area contributed by atoms with Crippen molar-refractivity contribution in [2.45, 2.75) is 19.3 Å². The molecule has 1 N–H and O–H groups in total. The highest BCUT2D eigenvalue weighted by molar-refractivity contribution is 6.30. The molecule has 3 aromatic rings. The smallest absolute Gasteiger partial charge is 0.343 e. The molecular formula is C20H18ClF3N4O2. The topological polar surface area (TPSA) is 71.3 Å². The largest absolute Gasteiger partial charge is 0.405 e. The summed E-state index contributed by atoms with van der Waals surface area (Å²) in [5.41, 5.74) is 1.83. The van der Waals surface area contributed by atoms with E-state index in [4.69, 9.17) is 16.1 Å². The summed E-state index contributed by atoms with van der Waals surface area (Å²) in [6.07, 6.45) is -4.44. The van der Waals surface area contributed by atoms with Gasteiger partial charge in [-0.3, -0.25) is 9.69 Å². The number of alkyl halides is 3. The molecule has 0 unspecified atom stereocenters. The summed E-state index contributed by atoms with van der Waals surface area (Å²) in [6, 6.07) is 13.4. The van der Waals surface area contributed by atoms with E-state index in [1.54, 1.807) is 36.4 Å². The number of hydrogen-bond donors (Lipinski definition) is 1. The van der Waals surface area contributed by atoms with E-state index in [0.29, 0.717) is 29.8 Å². The molecule has 0 bridgehead atoms. The highest BCUT2D eigenvalue weighted by atomic mass is 35.5. The van der Waals surface area contributed by atoms with Crippen LogP contribution in [0.25, 0.3) is 11.4 Å². The van der Waals surface area contributed by atoms with Crippen LogP contribution in [0.4, 0.5) is 13.2 Å². The van der Waals surface area contributed by atoms with E-state index in [9.17, 15) is 18.0 Å². The van der Waals surface area contributed by atoms with Gasteiger partial charge in [0.1, 0.15) is 6.54 Å². The van der Waals surface area contributed by atoms with Gasteiger partial charge in [0.2, 0.25) is 11.7 Å². The fourth-order valence-corrected chi connectivity index (χ4v) is 2.80. The van der Waals surface area contributed by atoms with Crippen LogP contribution in [0.3, 0.4) is 0 Å². The second-order valence-electron chi connectivity index (χ2n) is 6.69. The number of aromatic nitrogens is 2. The molecule has 0 saturated carbocycles. The first-order valence-electron chi connectivity index (χ1n) is 8.90. The first-order valence-corrected chi connectivity index (χ1v) is 9.28. The Hall–Kier alpha value is -2.91. The molecular weight excluding hydrogens is 421 g/mol. The number of carbonyl (C=O) groups is 1. The Morgan fingerprint density at radius 3 is 2.40 bits per heavy atom. The van der Waals surface area contributed by atoms with Crippen LogP contribution in [-0.4, -0.2) is 40.7 Å². The van der Waals surface area contributed by atoms with E-state index in [1.165, 1.54) is 12.1 Å². The number of nitrogens with one attached hydrogen (secondary N) is 1. The Morgan fingerprint density at radius 2 is 1.77 bits per heavy atom. The van der Waals surface area contributed by atoms with Crippen LogP contribution in [0, 0.1) is 0 Å². The van der Waals surface area contributed by atoms with Crippen molar-refractivity contribution in [2.24, 2.45) is 0 Å². The van der Waals surface area contributed by atoms with Crippen molar-refractivity contribution < 1.29 is 22.5 Å². The minimum absolute atomic E-state index is 0.162. The monoisotopic (exact) mass is 438 g/mol. The van der Waals surface area contributed by atoms with Crippen molar-refractivity contribution >= 4 is 17.5 Å². The van der Waals surface area contributed by atoms with Crippen LogP contribution in [0.2, 0.25) is 5.02 Å². The second kappa shape index (κ2) is 9.27. The molecule has 0 radical (unpaired) electrons. The molecule has 0 aliphatic heterocycles. The summed E-state index contributed by atoms with van der Waals surface area (Å²) in [7, 11) is 1.86. The highest BCUT2D eigenvalue weighted by Crippen LogP contribution is 2.19.